The molecule has 1 heterocycles. The Morgan fingerprint density at radius 3 is 2.62 bits per heavy atom. The van der Waals surface area contributed by atoms with Gasteiger partial charge in [-0.2, -0.15) is 0 Å². The van der Waals surface area contributed by atoms with Gasteiger partial charge in [0.05, 0.1) is 0 Å². The highest BCUT2D eigenvalue weighted by molar-refractivity contribution is 5.85. The Labute approximate surface area is 95.9 Å². The third-order valence-electron chi connectivity index (χ3n) is 3.27. The molecule has 1 aliphatic heterocycles. The highest BCUT2D eigenvalue weighted by Crippen LogP contribution is 2.35. The van der Waals surface area contributed by atoms with Crippen LogP contribution in [0.15, 0.2) is 0 Å². The number of likely N-dealkylation sites (tertiary alicyclic amines) is 1. The van der Waals surface area contributed by atoms with Gasteiger partial charge in [-0.05, 0) is 33.1 Å². The van der Waals surface area contributed by atoms with E-state index in [0.717, 1.165) is 6.42 Å². The minimum absolute atomic E-state index is 0.0764. The van der Waals surface area contributed by atoms with E-state index in [1.165, 1.54) is 0 Å². The van der Waals surface area contributed by atoms with Crippen molar-refractivity contribution in [3.8, 4) is 0 Å². The number of carbonyl (C=O) groups excluding carboxylic acids is 2. The largest absolute Gasteiger partial charge is 0.444 e. The van der Waals surface area contributed by atoms with Crippen molar-refractivity contribution in [3.05, 3.63) is 0 Å². The van der Waals surface area contributed by atoms with Crippen LogP contribution in [-0.2, 0) is 9.53 Å². The van der Waals surface area contributed by atoms with Crippen LogP contribution >= 0.6 is 0 Å². The van der Waals surface area contributed by atoms with Crippen molar-refractivity contribution in [1.82, 2.24) is 4.90 Å². The first-order chi connectivity index (χ1) is 7.37. The SMILES string of the molecule is CC(C)(C)OC(=O)N1CC2CCC(=O)C2C1. The van der Waals surface area contributed by atoms with E-state index in [1.54, 1.807) is 4.90 Å². The normalized spacial score (nSPS) is 29.4. The number of rotatable bonds is 0. The van der Waals surface area contributed by atoms with Crippen LogP contribution in [0.2, 0.25) is 0 Å². The molecular weight excluding hydrogens is 206 g/mol. The lowest BCUT2D eigenvalue weighted by molar-refractivity contribution is -0.120. The average molecular weight is 225 g/mol. The molecule has 4 nitrogen and oxygen atoms in total. The van der Waals surface area contributed by atoms with Gasteiger partial charge in [-0.3, -0.25) is 4.79 Å². The fraction of sp³-hybridized carbons (Fsp3) is 0.833. The maximum Gasteiger partial charge on any atom is 0.410 e. The molecule has 0 aromatic carbocycles. The Morgan fingerprint density at radius 2 is 2.06 bits per heavy atom. The van der Waals surface area contributed by atoms with Crippen molar-refractivity contribution in [2.75, 3.05) is 13.1 Å². The summed E-state index contributed by atoms with van der Waals surface area (Å²) in [6.07, 6.45) is 1.34. The first kappa shape index (κ1) is 11.4. The van der Waals surface area contributed by atoms with Gasteiger partial charge < -0.3 is 9.64 Å². The fourth-order valence-electron chi connectivity index (χ4n) is 2.52. The molecule has 0 aromatic heterocycles. The summed E-state index contributed by atoms with van der Waals surface area (Å²) in [5.74, 6) is 0.767. The van der Waals surface area contributed by atoms with E-state index in [0.29, 0.717) is 31.2 Å². The van der Waals surface area contributed by atoms with Gasteiger partial charge in [0, 0.05) is 25.4 Å². The zero-order valence-electron chi connectivity index (χ0n) is 10.2. The van der Waals surface area contributed by atoms with Gasteiger partial charge in [0.2, 0.25) is 0 Å². The van der Waals surface area contributed by atoms with Crippen LogP contribution in [0.25, 0.3) is 0 Å². The van der Waals surface area contributed by atoms with E-state index in [4.69, 9.17) is 4.74 Å². The van der Waals surface area contributed by atoms with E-state index < -0.39 is 5.60 Å². The van der Waals surface area contributed by atoms with Crippen LogP contribution in [0, 0.1) is 11.8 Å². The average Bonchev–Trinajstić information content (AvgIpc) is 2.65. The van der Waals surface area contributed by atoms with Crippen molar-refractivity contribution >= 4 is 11.9 Å². The predicted octanol–water partition coefficient (Wildman–Crippen LogP) is 1.83. The Morgan fingerprint density at radius 1 is 1.38 bits per heavy atom. The molecule has 2 unspecified atom stereocenters. The first-order valence-electron chi connectivity index (χ1n) is 5.87. The van der Waals surface area contributed by atoms with Gasteiger partial charge >= 0.3 is 6.09 Å². The highest BCUT2D eigenvalue weighted by Gasteiger charge is 2.44. The number of ether oxygens (including phenoxy) is 1. The van der Waals surface area contributed by atoms with Crippen LogP contribution < -0.4 is 0 Å². The predicted molar refractivity (Wildman–Crippen MR) is 59.0 cm³/mol. The minimum atomic E-state index is -0.460. The molecule has 1 saturated carbocycles. The van der Waals surface area contributed by atoms with Crippen LogP contribution in [0.1, 0.15) is 33.6 Å². The summed E-state index contributed by atoms with van der Waals surface area (Å²) in [7, 11) is 0. The second kappa shape index (κ2) is 3.75. The molecule has 0 N–H and O–H groups in total. The van der Waals surface area contributed by atoms with Crippen LogP contribution in [0.5, 0.6) is 0 Å². The molecule has 2 rings (SSSR count). The molecular formula is C12H19NO3. The molecule has 0 bridgehead atoms. The lowest BCUT2D eigenvalue weighted by Gasteiger charge is -2.24. The van der Waals surface area contributed by atoms with Crippen molar-refractivity contribution in [3.63, 3.8) is 0 Å². The van der Waals surface area contributed by atoms with Crippen LogP contribution in [0.3, 0.4) is 0 Å². The number of nitrogens with zero attached hydrogens (tertiary/aromatic N) is 1. The Hall–Kier alpha value is -1.06. The number of hydrogen-bond acceptors (Lipinski definition) is 3. The maximum atomic E-state index is 11.8. The standard InChI is InChI=1S/C12H19NO3/c1-12(2,3)16-11(15)13-6-8-4-5-10(14)9(8)7-13/h8-9H,4-7H2,1-3H3. The second-order valence-corrected chi connectivity index (χ2v) is 5.76. The molecule has 1 aliphatic carbocycles. The van der Waals surface area contributed by atoms with Gasteiger partial charge in [-0.15, -0.1) is 0 Å². The number of ketones is 1. The van der Waals surface area contributed by atoms with E-state index in [9.17, 15) is 9.59 Å². The Kier molecular flexibility index (Phi) is 2.68. The zero-order valence-corrected chi connectivity index (χ0v) is 10.2. The molecule has 0 aromatic rings. The molecule has 0 radical (unpaired) electrons. The van der Waals surface area contributed by atoms with Gasteiger partial charge in [-0.25, -0.2) is 4.79 Å². The molecule has 2 fully saturated rings. The van der Waals surface area contributed by atoms with Crippen LogP contribution in [-0.4, -0.2) is 35.5 Å². The molecule has 1 saturated heterocycles. The van der Waals surface area contributed by atoms with Crippen molar-refractivity contribution < 1.29 is 14.3 Å². The van der Waals surface area contributed by atoms with E-state index >= 15 is 0 Å². The molecule has 0 spiro atoms. The molecule has 2 atom stereocenters. The minimum Gasteiger partial charge on any atom is -0.444 e. The third-order valence-corrected chi connectivity index (χ3v) is 3.27. The van der Waals surface area contributed by atoms with E-state index in [1.807, 2.05) is 20.8 Å². The molecule has 16 heavy (non-hydrogen) atoms. The van der Waals surface area contributed by atoms with Crippen LogP contribution in [0.4, 0.5) is 4.79 Å². The van der Waals surface area contributed by atoms with Gasteiger partial charge in [-0.1, -0.05) is 0 Å². The molecule has 4 heteroatoms. The second-order valence-electron chi connectivity index (χ2n) is 5.76. The highest BCUT2D eigenvalue weighted by atomic mass is 16.6. The summed E-state index contributed by atoms with van der Waals surface area (Å²) < 4.78 is 5.30. The summed E-state index contributed by atoms with van der Waals surface area (Å²) in [4.78, 5) is 25.0. The van der Waals surface area contributed by atoms with Gasteiger partial charge in [0.25, 0.3) is 0 Å². The monoisotopic (exact) mass is 225 g/mol. The smallest absolute Gasteiger partial charge is 0.410 e. The third kappa shape index (κ3) is 2.20. The van der Waals surface area contributed by atoms with Crippen molar-refractivity contribution in [2.45, 2.75) is 39.2 Å². The molecule has 2 aliphatic rings. The molecule has 1 amide bonds. The summed E-state index contributed by atoms with van der Waals surface area (Å²) >= 11 is 0. The summed E-state index contributed by atoms with van der Waals surface area (Å²) in [5, 5.41) is 0. The van der Waals surface area contributed by atoms with Crippen molar-refractivity contribution in [2.24, 2.45) is 11.8 Å². The Balaban J connectivity index is 1.94. The zero-order chi connectivity index (χ0) is 11.9. The Bertz CT molecular complexity index is 319. The lowest BCUT2D eigenvalue weighted by Crippen LogP contribution is -2.36. The summed E-state index contributed by atoms with van der Waals surface area (Å²) in [6, 6.07) is 0. The molecule has 90 valence electrons. The maximum absolute atomic E-state index is 11.8. The summed E-state index contributed by atoms with van der Waals surface area (Å²) in [5.41, 5.74) is -0.460. The van der Waals surface area contributed by atoms with Gasteiger partial charge in [0.15, 0.2) is 0 Å². The fourth-order valence-corrected chi connectivity index (χ4v) is 2.52. The quantitative estimate of drug-likeness (QED) is 0.632. The van der Waals surface area contributed by atoms with E-state index in [2.05, 4.69) is 0 Å². The number of carbonyl (C=O) groups is 2. The number of hydrogen-bond donors (Lipinski definition) is 0. The number of amides is 1. The number of Topliss-reactive ketones (excluding diaryl/α,β-unsaturated/α-hetero) is 1. The summed E-state index contributed by atoms with van der Waals surface area (Å²) in [6.45, 7) is 6.80. The first-order valence-corrected chi connectivity index (χ1v) is 5.87. The number of fused-ring (bicyclic) bond motifs is 1. The lowest BCUT2D eigenvalue weighted by atomic mass is 10.0. The van der Waals surface area contributed by atoms with Crippen molar-refractivity contribution in [1.29, 1.82) is 0 Å². The van der Waals surface area contributed by atoms with Gasteiger partial charge in [0.1, 0.15) is 11.4 Å². The topological polar surface area (TPSA) is 46.6 Å². The van der Waals surface area contributed by atoms with E-state index in [-0.39, 0.29) is 12.0 Å².